The second-order valence-corrected chi connectivity index (χ2v) is 9.01. The quantitative estimate of drug-likeness (QED) is 0.736. The molecular weight excluding hydrogens is 374 g/mol. The summed E-state index contributed by atoms with van der Waals surface area (Å²) in [6.07, 6.45) is 4.28. The number of amides is 1. The molecule has 1 N–H and O–H groups in total. The highest BCUT2D eigenvalue weighted by Crippen LogP contribution is 2.30. The van der Waals surface area contributed by atoms with Crippen LogP contribution in [0.3, 0.4) is 0 Å². The number of nitrogens with one attached hydrogen (secondary N) is 1. The number of carbonyl (C=O) groups excluding carboxylic acids is 1. The second-order valence-electron chi connectivity index (χ2n) is 6.04. The summed E-state index contributed by atoms with van der Waals surface area (Å²) in [5.74, 6) is -0.201. The maximum Gasteiger partial charge on any atom is 0.293 e. The summed E-state index contributed by atoms with van der Waals surface area (Å²) in [4.78, 5) is 16.6. The molecule has 136 valence electrons. The molecule has 1 saturated heterocycles. The minimum Gasteiger partial charge on any atom is -0.459 e. The van der Waals surface area contributed by atoms with Crippen molar-refractivity contribution in [3.8, 4) is 0 Å². The van der Waals surface area contributed by atoms with Crippen LogP contribution in [0.4, 0.5) is 5.13 Å². The summed E-state index contributed by atoms with van der Waals surface area (Å²) in [7, 11) is -3.49. The Morgan fingerprint density at radius 1 is 1.19 bits per heavy atom. The summed E-state index contributed by atoms with van der Waals surface area (Å²) in [5.41, 5.74) is 0.641. The van der Waals surface area contributed by atoms with E-state index in [-0.39, 0.29) is 10.7 Å². The van der Waals surface area contributed by atoms with Crippen LogP contribution in [0.25, 0.3) is 10.2 Å². The van der Waals surface area contributed by atoms with E-state index in [1.807, 2.05) is 0 Å². The van der Waals surface area contributed by atoms with Gasteiger partial charge in [0.05, 0.1) is 21.4 Å². The first kappa shape index (κ1) is 17.2. The van der Waals surface area contributed by atoms with Gasteiger partial charge in [-0.1, -0.05) is 17.8 Å². The fourth-order valence-electron chi connectivity index (χ4n) is 2.94. The average Bonchev–Trinajstić information content (AvgIpc) is 3.31. The largest absolute Gasteiger partial charge is 0.459 e. The molecule has 1 aromatic carbocycles. The molecule has 0 unspecified atom stereocenters. The number of hydrogen-bond donors (Lipinski definition) is 1. The third kappa shape index (κ3) is 3.25. The molecule has 0 bridgehead atoms. The number of fused-ring (bicyclic) bond motifs is 1. The summed E-state index contributed by atoms with van der Waals surface area (Å²) < 4.78 is 32.9. The zero-order chi connectivity index (χ0) is 18.1. The van der Waals surface area contributed by atoms with Crippen molar-refractivity contribution in [1.82, 2.24) is 9.29 Å². The van der Waals surface area contributed by atoms with Crippen molar-refractivity contribution in [2.24, 2.45) is 0 Å². The van der Waals surface area contributed by atoms with E-state index in [0.29, 0.717) is 28.4 Å². The summed E-state index contributed by atoms with van der Waals surface area (Å²) in [6.45, 7) is 1.13. The molecule has 0 radical (unpaired) electrons. The molecule has 0 spiro atoms. The molecule has 26 heavy (non-hydrogen) atoms. The first-order chi connectivity index (χ1) is 12.5. The maximum absolute atomic E-state index is 12.8. The molecule has 0 atom stereocenters. The van der Waals surface area contributed by atoms with Gasteiger partial charge in [0.2, 0.25) is 10.0 Å². The lowest BCUT2D eigenvalue weighted by atomic mass is 10.2. The van der Waals surface area contributed by atoms with E-state index >= 15 is 0 Å². The Morgan fingerprint density at radius 3 is 2.73 bits per heavy atom. The Bertz CT molecular complexity index is 1040. The Labute approximate surface area is 154 Å². The number of rotatable bonds is 4. The van der Waals surface area contributed by atoms with Gasteiger partial charge < -0.3 is 4.42 Å². The molecule has 1 aliphatic heterocycles. The van der Waals surface area contributed by atoms with Gasteiger partial charge in [-0.05, 0) is 43.2 Å². The molecule has 3 heterocycles. The predicted octanol–water partition coefficient (Wildman–Crippen LogP) is 3.32. The maximum atomic E-state index is 12.8. The highest BCUT2D eigenvalue weighted by atomic mass is 32.2. The standard InChI is InChI=1S/C17H17N3O4S2/c21-16(14-5-4-10-24-14)19-17-18-13-7-6-12(11-15(13)25-17)26(22,23)20-8-2-1-3-9-20/h4-7,10-11H,1-3,8-9H2,(H,18,19,21). The van der Waals surface area contributed by atoms with E-state index in [0.717, 1.165) is 19.3 Å². The van der Waals surface area contributed by atoms with Crippen molar-refractivity contribution in [2.45, 2.75) is 24.2 Å². The van der Waals surface area contributed by atoms with Crippen LogP contribution in [0.1, 0.15) is 29.8 Å². The van der Waals surface area contributed by atoms with Crippen LogP contribution >= 0.6 is 11.3 Å². The molecule has 2 aromatic heterocycles. The number of hydrogen-bond acceptors (Lipinski definition) is 6. The van der Waals surface area contributed by atoms with Gasteiger partial charge in [-0.15, -0.1) is 0 Å². The smallest absolute Gasteiger partial charge is 0.293 e. The molecule has 7 nitrogen and oxygen atoms in total. The van der Waals surface area contributed by atoms with Crippen molar-refractivity contribution in [2.75, 3.05) is 18.4 Å². The highest BCUT2D eigenvalue weighted by Gasteiger charge is 2.26. The molecule has 1 amide bonds. The van der Waals surface area contributed by atoms with Crippen molar-refractivity contribution < 1.29 is 17.6 Å². The van der Waals surface area contributed by atoms with Gasteiger partial charge in [0.1, 0.15) is 0 Å². The fourth-order valence-corrected chi connectivity index (χ4v) is 5.46. The lowest BCUT2D eigenvalue weighted by Gasteiger charge is -2.25. The topological polar surface area (TPSA) is 92.5 Å². The number of aromatic nitrogens is 1. The Morgan fingerprint density at radius 2 is 2.00 bits per heavy atom. The number of thiazole rings is 1. The van der Waals surface area contributed by atoms with Gasteiger partial charge in [0.25, 0.3) is 5.91 Å². The Hall–Kier alpha value is -2.23. The summed E-state index contributed by atoms with van der Waals surface area (Å²) >= 11 is 1.23. The zero-order valence-corrected chi connectivity index (χ0v) is 15.5. The molecule has 0 aliphatic carbocycles. The van der Waals surface area contributed by atoms with Crippen LogP contribution in [0.5, 0.6) is 0 Å². The third-order valence-electron chi connectivity index (χ3n) is 4.28. The Kier molecular flexibility index (Phi) is 4.51. The minimum atomic E-state index is -3.49. The van der Waals surface area contributed by atoms with Crippen LogP contribution in [-0.2, 0) is 10.0 Å². The molecule has 4 rings (SSSR count). The van der Waals surface area contributed by atoms with E-state index in [9.17, 15) is 13.2 Å². The number of sulfonamides is 1. The van der Waals surface area contributed by atoms with Gasteiger partial charge in [-0.25, -0.2) is 13.4 Å². The fraction of sp³-hybridized carbons (Fsp3) is 0.294. The SMILES string of the molecule is O=C(Nc1nc2ccc(S(=O)(=O)N3CCCCC3)cc2s1)c1ccco1. The summed E-state index contributed by atoms with van der Waals surface area (Å²) in [5, 5.41) is 3.07. The van der Waals surface area contributed by atoms with Crippen molar-refractivity contribution in [3.05, 3.63) is 42.4 Å². The Balaban J connectivity index is 1.60. The first-order valence-electron chi connectivity index (χ1n) is 8.30. The second kappa shape index (κ2) is 6.82. The third-order valence-corrected chi connectivity index (χ3v) is 7.11. The number of nitrogens with zero attached hydrogens (tertiary/aromatic N) is 2. The predicted molar refractivity (Wildman–Crippen MR) is 98.9 cm³/mol. The number of piperidine rings is 1. The molecule has 1 aliphatic rings. The normalized spacial score (nSPS) is 16.0. The lowest BCUT2D eigenvalue weighted by molar-refractivity contribution is 0.0996. The lowest BCUT2D eigenvalue weighted by Crippen LogP contribution is -2.35. The summed E-state index contributed by atoms with van der Waals surface area (Å²) in [6, 6.07) is 8.06. The molecule has 3 aromatic rings. The van der Waals surface area contributed by atoms with Gasteiger partial charge in [-0.3, -0.25) is 10.1 Å². The minimum absolute atomic E-state index is 0.192. The monoisotopic (exact) mass is 391 g/mol. The van der Waals surface area contributed by atoms with E-state index in [2.05, 4.69) is 10.3 Å². The van der Waals surface area contributed by atoms with Crippen LogP contribution in [0.2, 0.25) is 0 Å². The van der Waals surface area contributed by atoms with E-state index in [1.165, 1.54) is 21.9 Å². The number of benzene rings is 1. The number of carbonyl (C=O) groups is 1. The zero-order valence-electron chi connectivity index (χ0n) is 13.8. The van der Waals surface area contributed by atoms with Gasteiger partial charge in [-0.2, -0.15) is 4.31 Å². The molecule has 0 saturated carbocycles. The number of furan rings is 1. The van der Waals surface area contributed by atoms with Gasteiger partial charge in [0.15, 0.2) is 10.9 Å². The van der Waals surface area contributed by atoms with Gasteiger partial charge >= 0.3 is 0 Å². The van der Waals surface area contributed by atoms with Crippen LogP contribution in [-0.4, -0.2) is 36.7 Å². The van der Waals surface area contributed by atoms with Crippen molar-refractivity contribution in [1.29, 1.82) is 0 Å². The van der Waals surface area contributed by atoms with Crippen LogP contribution < -0.4 is 5.32 Å². The van der Waals surface area contributed by atoms with Crippen molar-refractivity contribution in [3.63, 3.8) is 0 Å². The average molecular weight is 391 g/mol. The molecule has 1 fully saturated rings. The van der Waals surface area contributed by atoms with Crippen LogP contribution in [0.15, 0.2) is 45.9 Å². The van der Waals surface area contributed by atoms with E-state index in [1.54, 1.807) is 30.3 Å². The van der Waals surface area contributed by atoms with Gasteiger partial charge in [0, 0.05) is 13.1 Å². The number of anilines is 1. The van der Waals surface area contributed by atoms with Crippen molar-refractivity contribution >= 4 is 42.6 Å². The van der Waals surface area contributed by atoms with E-state index in [4.69, 9.17) is 4.42 Å². The molecule has 9 heteroatoms. The molecular formula is C17H17N3O4S2. The van der Waals surface area contributed by atoms with E-state index < -0.39 is 15.9 Å². The van der Waals surface area contributed by atoms with Crippen LogP contribution in [0, 0.1) is 0 Å². The first-order valence-corrected chi connectivity index (χ1v) is 10.6. The highest BCUT2D eigenvalue weighted by molar-refractivity contribution is 7.89.